The van der Waals surface area contributed by atoms with E-state index in [0.717, 1.165) is 18.9 Å². The molecule has 1 aromatic rings. The molecule has 0 spiro atoms. The Hall–Kier alpha value is -1.11. The number of likely N-dealkylation sites (tertiary alicyclic amines) is 1. The average Bonchev–Trinajstić information content (AvgIpc) is 2.73. The lowest BCUT2D eigenvalue weighted by Gasteiger charge is -2.23. The molecule has 0 saturated carbocycles. The second-order valence-corrected chi connectivity index (χ2v) is 5.63. The smallest absolute Gasteiger partial charge is 0.336 e. The molecule has 2 nitrogen and oxygen atoms in total. The van der Waals surface area contributed by atoms with Gasteiger partial charge in [0.25, 0.3) is 5.91 Å². The third-order valence-corrected chi connectivity index (χ3v) is 4.09. The molecule has 1 fully saturated rings. The fourth-order valence-corrected chi connectivity index (χ4v) is 2.82. The highest BCUT2D eigenvalue weighted by Gasteiger charge is 2.38. The number of rotatable bonds is 1. The zero-order valence-corrected chi connectivity index (χ0v) is 12.2. The van der Waals surface area contributed by atoms with Crippen molar-refractivity contribution in [2.24, 2.45) is 0 Å². The Bertz CT molecular complexity index is 544. The molecule has 1 saturated heterocycles. The lowest BCUT2D eigenvalue weighted by atomic mass is 10.1. The Labute approximate surface area is 121 Å². The summed E-state index contributed by atoms with van der Waals surface area (Å²) in [5.41, 5.74) is -1.97. The van der Waals surface area contributed by atoms with Gasteiger partial charge in [0.1, 0.15) is 5.82 Å². The van der Waals surface area contributed by atoms with E-state index < -0.39 is 29.0 Å². The lowest BCUT2D eigenvalue weighted by Crippen LogP contribution is -2.34. The Balaban J connectivity index is 2.48. The molecule has 1 amide bonds. The predicted molar refractivity (Wildman–Crippen MR) is 68.8 cm³/mol. The topological polar surface area (TPSA) is 20.3 Å². The third kappa shape index (κ3) is 2.68. The van der Waals surface area contributed by atoms with E-state index in [2.05, 4.69) is 15.9 Å². The van der Waals surface area contributed by atoms with Crippen LogP contribution < -0.4 is 0 Å². The molecule has 1 aromatic carbocycles. The number of halogens is 5. The molecule has 1 unspecified atom stereocenters. The summed E-state index contributed by atoms with van der Waals surface area (Å²) in [4.78, 5) is 13.7. The van der Waals surface area contributed by atoms with E-state index in [0.29, 0.717) is 12.6 Å². The van der Waals surface area contributed by atoms with E-state index in [1.807, 2.05) is 0 Å². The number of benzene rings is 1. The normalized spacial score (nSPS) is 19.5. The van der Waals surface area contributed by atoms with Crippen LogP contribution in [0.4, 0.5) is 17.6 Å². The number of amides is 1. The van der Waals surface area contributed by atoms with Crippen molar-refractivity contribution in [3.63, 3.8) is 0 Å². The van der Waals surface area contributed by atoms with E-state index in [1.165, 1.54) is 4.90 Å². The third-order valence-electron chi connectivity index (χ3n) is 3.42. The van der Waals surface area contributed by atoms with Crippen molar-refractivity contribution in [2.45, 2.75) is 32.0 Å². The fraction of sp³-hybridized carbons (Fsp3) is 0.462. The Morgan fingerprint density at radius 2 is 2.05 bits per heavy atom. The van der Waals surface area contributed by atoms with Gasteiger partial charge in [0.2, 0.25) is 0 Å². The Morgan fingerprint density at radius 3 is 2.55 bits per heavy atom. The van der Waals surface area contributed by atoms with Crippen LogP contribution in [0.1, 0.15) is 35.7 Å². The van der Waals surface area contributed by atoms with Gasteiger partial charge in [-0.1, -0.05) is 0 Å². The minimum Gasteiger partial charge on any atom is -0.336 e. The van der Waals surface area contributed by atoms with Gasteiger partial charge >= 0.3 is 6.18 Å². The molecule has 1 atom stereocenters. The minimum atomic E-state index is -4.82. The van der Waals surface area contributed by atoms with Crippen molar-refractivity contribution in [2.75, 3.05) is 6.54 Å². The van der Waals surface area contributed by atoms with Gasteiger partial charge in [0.15, 0.2) is 0 Å². The minimum absolute atomic E-state index is 0.0344. The number of carbonyl (C=O) groups excluding carboxylic acids is 1. The molecule has 0 bridgehead atoms. The quantitative estimate of drug-likeness (QED) is 0.691. The maximum absolute atomic E-state index is 14.1. The predicted octanol–water partition coefficient (Wildman–Crippen LogP) is 4.23. The average molecular weight is 354 g/mol. The monoisotopic (exact) mass is 353 g/mol. The van der Waals surface area contributed by atoms with E-state index in [4.69, 9.17) is 0 Å². The van der Waals surface area contributed by atoms with Crippen LogP contribution >= 0.6 is 15.9 Å². The molecule has 0 aliphatic carbocycles. The fourth-order valence-electron chi connectivity index (χ4n) is 2.35. The van der Waals surface area contributed by atoms with Gasteiger partial charge in [0, 0.05) is 17.1 Å². The van der Waals surface area contributed by atoms with E-state index in [1.54, 1.807) is 6.92 Å². The molecule has 0 aromatic heterocycles. The van der Waals surface area contributed by atoms with Crippen LogP contribution in [0.2, 0.25) is 0 Å². The first kappa shape index (κ1) is 15.3. The molecule has 110 valence electrons. The first-order valence-electron chi connectivity index (χ1n) is 6.09. The Morgan fingerprint density at radius 1 is 1.40 bits per heavy atom. The molecule has 7 heteroatoms. The highest BCUT2D eigenvalue weighted by atomic mass is 79.9. The molecule has 0 N–H and O–H groups in total. The SMILES string of the molecule is CC1CCCN1C(=O)c1c(Br)ccc(C(F)(F)F)c1F. The Kier molecular flexibility index (Phi) is 4.09. The van der Waals surface area contributed by atoms with Gasteiger partial charge in [0.05, 0.1) is 11.1 Å². The van der Waals surface area contributed by atoms with Gasteiger partial charge in [-0.15, -0.1) is 0 Å². The first-order valence-corrected chi connectivity index (χ1v) is 6.89. The molecule has 0 radical (unpaired) electrons. The summed E-state index contributed by atoms with van der Waals surface area (Å²) in [6, 6.07) is 1.59. The second kappa shape index (κ2) is 5.35. The van der Waals surface area contributed by atoms with Crippen LogP contribution in [0, 0.1) is 5.82 Å². The molecular weight excluding hydrogens is 342 g/mol. The largest absolute Gasteiger partial charge is 0.419 e. The van der Waals surface area contributed by atoms with E-state index in [-0.39, 0.29) is 10.5 Å². The van der Waals surface area contributed by atoms with Crippen molar-refractivity contribution < 1.29 is 22.4 Å². The van der Waals surface area contributed by atoms with E-state index in [9.17, 15) is 22.4 Å². The molecule has 1 aliphatic rings. The number of nitrogens with zero attached hydrogens (tertiary/aromatic N) is 1. The molecule has 20 heavy (non-hydrogen) atoms. The summed E-state index contributed by atoms with van der Waals surface area (Å²) < 4.78 is 52.2. The van der Waals surface area contributed by atoms with Crippen molar-refractivity contribution in [1.29, 1.82) is 0 Å². The zero-order chi connectivity index (χ0) is 15.1. The van der Waals surface area contributed by atoms with Gasteiger partial charge in [-0.3, -0.25) is 4.79 Å². The van der Waals surface area contributed by atoms with Gasteiger partial charge in [-0.25, -0.2) is 4.39 Å². The lowest BCUT2D eigenvalue weighted by molar-refractivity contribution is -0.140. The highest BCUT2D eigenvalue weighted by Crippen LogP contribution is 2.36. The number of carbonyl (C=O) groups is 1. The summed E-state index contributed by atoms with van der Waals surface area (Å²) >= 11 is 2.96. The summed E-state index contributed by atoms with van der Waals surface area (Å²) in [7, 11) is 0. The second-order valence-electron chi connectivity index (χ2n) is 4.77. The van der Waals surface area contributed by atoms with Crippen LogP contribution in [0.25, 0.3) is 0 Å². The van der Waals surface area contributed by atoms with Crippen LogP contribution in [0.15, 0.2) is 16.6 Å². The molecule has 2 rings (SSSR count). The van der Waals surface area contributed by atoms with Crippen LogP contribution in [0.5, 0.6) is 0 Å². The highest BCUT2D eigenvalue weighted by molar-refractivity contribution is 9.10. The van der Waals surface area contributed by atoms with Gasteiger partial charge in [-0.2, -0.15) is 13.2 Å². The van der Waals surface area contributed by atoms with Crippen molar-refractivity contribution in [1.82, 2.24) is 4.90 Å². The molecule has 1 aliphatic heterocycles. The van der Waals surface area contributed by atoms with Crippen LogP contribution in [-0.2, 0) is 6.18 Å². The van der Waals surface area contributed by atoms with Gasteiger partial charge in [-0.05, 0) is 47.8 Å². The maximum Gasteiger partial charge on any atom is 0.419 e. The van der Waals surface area contributed by atoms with Crippen molar-refractivity contribution in [3.8, 4) is 0 Å². The first-order chi connectivity index (χ1) is 9.23. The standard InChI is InChI=1S/C13H12BrF4NO/c1-7-3-2-6-19(7)12(20)10-9(14)5-4-8(11(10)15)13(16,17)18/h4-5,7H,2-3,6H2,1H3. The van der Waals surface area contributed by atoms with Crippen LogP contribution in [0.3, 0.4) is 0 Å². The molecular formula is C13H12BrF4NO. The van der Waals surface area contributed by atoms with Crippen molar-refractivity contribution in [3.05, 3.63) is 33.5 Å². The summed E-state index contributed by atoms with van der Waals surface area (Å²) in [6.07, 6.45) is -3.29. The summed E-state index contributed by atoms with van der Waals surface area (Å²) in [5, 5.41) is 0. The van der Waals surface area contributed by atoms with Crippen LogP contribution in [-0.4, -0.2) is 23.4 Å². The summed E-state index contributed by atoms with van der Waals surface area (Å²) in [6.45, 7) is 2.23. The zero-order valence-electron chi connectivity index (χ0n) is 10.6. The van der Waals surface area contributed by atoms with Gasteiger partial charge < -0.3 is 4.90 Å². The van der Waals surface area contributed by atoms with Crippen molar-refractivity contribution >= 4 is 21.8 Å². The maximum atomic E-state index is 14.1. The number of alkyl halides is 3. The number of hydrogen-bond donors (Lipinski definition) is 0. The number of hydrogen-bond acceptors (Lipinski definition) is 1. The molecule has 1 heterocycles. The summed E-state index contributed by atoms with van der Waals surface area (Å²) in [5.74, 6) is -2.22. The van der Waals surface area contributed by atoms with E-state index >= 15 is 0 Å².